The Bertz CT molecular complexity index is 374. The molecule has 0 aliphatic heterocycles. The molecule has 0 amide bonds. The van der Waals surface area contributed by atoms with E-state index in [2.05, 4.69) is 75.7 Å². The third-order valence-electron chi connectivity index (χ3n) is 3.93. The predicted molar refractivity (Wildman–Crippen MR) is 80.8 cm³/mol. The van der Waals surface area contributed by atoms with Gasteiger partial charge in [0.25, 0.3) is 0 Å². The van der Waals surface area contributed by atoms with E-state index in [1.54, 1.807) is 0 Å². The lowest BCUT2D eigenvalue weighted by Crippen LogP contribution is -2.18. The van der Waals surface area contributed by atoms with Gasteiger partial charge in [0.05, 0.1) is 0 Å². The Balaban J connectivity index is 2.76. The zero-order valence-corrected chi connectivity index (χ0v) is 13.6. The number of benzene rings is 1. The molecular formula is C16H25Br. The van der Waals surface area contributed by atoms with Gasteiger partial charge in [0.15, 0.2) is 0 Å². The van der Waals surface area contributed by atoms with Crippen LogP contribution in [0.5, 0.6) is 0 Å². The Morgan fingerprint density at radius 1 is 1.12 bits per heavy atom. The maximum Gasteiger partial charge on any atom is 0.0398 e. The van der Waals surface area contributed by atoms with Gasteiger partial charge >= 0.3 is 0 Å². The van der Waals surface area contributed by atoms with Crippen LogP contribution >= 0.6 is 15.9 Å². The molecule has 17 heavy (non-hydrogen) atoms. The minimum absolute atomic E-state index is 0.381. The smallest absolute Gasteiger partial charge is 0.0398 e. The molecule has 0 spiro atoms. The van der Waals surface area contributed by atoms with Crippen LogP contribution < -0.4 is 0 Å². The van der Waals surface area contributed by atoms with E-state index in [-0.39, 0.29) is 0 Å². The van der Waals surface area contributed by atoms with Crippen LogP contribution in [0.3, 0.4) is 0 Å². The number of hydrogen-bond donors (Lipinski definition) is 0. The highest BCUT2D eigenvalue weighted by molar-refractivity contribution is 9.09. The highest BCUT2D eigenvalue weighted by Gasteiger charge is 2.23. The van der Waals surface area contributed by atoms with E-state index in [0.29, 0.717) is 16.2 Å². The van der Waals surface area contributed by atoms with Crippen LogP contribution in [0.15, 0.2) is 18.2 Å². The minimum atomic E-state index is 0.381. The first-order valence-corrected chi connectivity index (χ1v) is 7.34. The van der Waals surface area contributed by atoms with Gasteiger partial charge in [0, 0.05) is 4.83 Å². The fourth-order valence-electron chi connectivity index (χ4n) is 1.76. The first kappa shape index (κ1) is 14.8. The molecule has 0 saturated carbocycles. The Labute approximate surface area is 115 Å². The van der Waals surface area contributed by atoms with Gasteiger partial charge in [-0.15, -0.1) is 0 Å². The van der Waals surface area contributed by atoms with Crippen LogP contribution in [-0.4, -0.2) is 0 Å². The molecule has 0 aliphatic carbocycles. The molecule has 1 aromatic rings. The molecule has 2 atom stereocenters. The summed E-state index contributed by atoms with van der Waals surface area (Å²) in [6.45, 7) is 13.6. The van der Waals surface area contributed by atoms with Crippen molar-refractivity contribution in [3.63, 3.8) is 0 Å². The van der Waals surface area contributed by atoms with Crippen LogP contribution in [0.2, 0.25) is 0 Å². The van der Waals surface area contributed by atoms with E-state index in [9.17, 15) is 0 Å². The van der Waals surface area contributed by atoms with E-state index in [1.165, 1.54) is 23.1 Å². The molecular weight excluding hydrogens is 272 g/mol. The Hall–Kier alpha value is -0.300. The van der Waals surface area contributed by atoms with Gasteiger partial charge in [-0.3, -0.25) is 0 Å². The molecule has 1 aromatic carbocycles. The Kier molecular flexibility index (Phi) is 4.83. The number of halogens is 1. The molecule has 1 rings (SSSR count). The van der Waals surface area contributed by atoms with Crippen molar-refractivity contribution in [3.05, 3.63) is 34.9 Å². The lowest BCUT2D eigenvalue weighted by molar-refractivity contribution is 0.246. The van der Waals surface area contributed by atoms with Crippen LogP contribution in [0.1, 0.15) is 55.6 Å². The van der Waals surface area contributed by atoms with Gasteiger partial charge in [-0.25, -0.2) is 0 Å². The van der Waals surface area contributed by atoms with Gasteiger partial charge in [0.2, 0.25) is 0 Å². The van der Waals surface area contributed by atoms with Crippen molar-refractivity contribution in [3.8, 4) is 0 Å². The van der Waals surface area contributed by atoms with Crippen LogP contribution in [-0.2, 0) is 0 Å². The summed E-state index contributed by atoms with van der Waals surface area (Å²) in [4.78, 5) is 0.469. The van der Waals surface area contributed by atoms with Crippen molar-refractivity contribution in [2.24, 2.45) is 11.3 Å². The molecule has 0 aromatic heterocycles. The van der Waals surface area contributed by atoms with Gasteiger partial charge in [-0.2, -0.15) is 0 Å². The third-order valence-corrected chi connectivity index (χ3v) is 4.83. The normalized spacial score (nSPS) is 15.7. The summed E-state index contributed by atoms with van der Waals surface area (Å²) in [6.07, 6.45) is 1.19. The summed E-state index contributed by atoms with van der Waals surface area (Å²) in [6, 6.07) is 6.78. The fraction of sp³-hybridized carbons (Fsp3) is 0.625. The molecule has 0 bridgehead atoms. The van der Waals surface area contributed by atoms with Crippen LogP contribution in [0.25, 0.3) is 0 Å². The van der Waals surface area contributed by atoms with Gasteiger partial charge in [-0.05, 0) is 48.3 Å². The van der Waals surface area contributed by atoms with Crippen molar-refractivity contribution >= 4 is 15.9 Å². The third kappa shape index (κ3) is 4.13. The molecule has 0 saturated heterocycles. The monoisotopic (exact) mass is 296 g/mol. The predicted octanol–water partition coefficient (Wildman–Crippen LogP) is 5.81. The second-order valence-electron chi connectivity index (χ2n) is 6.31. The van der Waals surface area contributed by atoms with E-state index in [0.717, 1.165) is 0 Å². The van der Waals surface area contributed by atoms with Crippen molar-refractivity contribution in [2.45, 2.75) is 52.8 Å². The standard InChI is InChI=1S/C16H25Br/c1-11-7-8-14(9-12(11)2)15(17)10-13(3)16(4,5)6/h7-9,13,15H,10H2,1-6H3. The lowest BCUT2D eigenvalue weighted by atomic mass is 9.79. The SMILES string of the molecule is Cc1ccc(C(Br)CC(C)C(C)(C)C)cc1C. The number of rotatable bonds is 3. The zero-order chi connectivity index (χ0) is 13.2. The summed E-state index contributed by atoms with van der Waals surface area (Å²) >= 11 is 3.84. The first-order valence-electron chi connectivity index (χ1n) is 6.43. The Morgan fingerprint density at radius 3 is 2.18 bits per heavy atom. The largest absolute Gasteiger partial charge is 0.0839 e. The van der Waals surface area contributed by atoms with Crippen LogP contribution in [0, 0.1) is 25.2 Å². The summed E-state index contributed by atoms with van der Waals surface area (Å²) < 4.78 is 0. The molecule has 0 aliphatic rings. The average Bonchev–Trinajstić information content (AvgIpc) is 2.20. The quantitative estimate of drug-likeness (QED) is 0.617. The first-order chi connectivity index (χ1) is 7.71. The summed E-state index contributed by atoms with van der Waals surface area (Å²) in [5.41, 5.74) is 4.54. The summed E-state index contributed by atoms with van der Waals surface area (Å²) in [5.74, 6) is 0.702. The highest BCUT2D eigenvalue weighted by atomic mass is 79.9. The fourth-order valence-corrected chi connectivity index (χ4v) is 2.61. The topological polar surface area (TPSA) is 0 Å². The van der Waals surface area contributed by atoms with E-state index in [4.69, 9.17) is 0 Å². The average molecular weight is 297 g/mol. The van der Waals surface area contributed by atoms with Gasteiger partial charge < -0.3 is 0 Å². The minimum Gasteiger partial charge on any atom is -0.0839 e. The molecule has 0 nitrogen and oxygen atoms in total. The number of aryl methyl sites for hydroxylation is 2. The van der Waals surface area contributed by atoms with Crippen molar-refractivity contribution < 1.29 is 0 Å². The van der Waals surface area contributed by atoms with Gasteiger partial charge in [-0.1, -0.05) is 61.8 Å². The number of hydrogen-bond acceptors (Lipinski definition) is 0. The summed E-state index contributed by atoms with van der Waals surface area (Å²) in [7, 11) is 0. The molecule has 96 valence electrons. The highest BCUT2D eigenvalue weighted by Crippen LogP contribution is 2.37. The van der Waals surface area contributed by atoms with Crippen molar-refractivity contribution in [1.29, 1.82) is 0 Å². The molecule has 2 unspecified atom stereocenters. The molecule has 0 heterocycles. The second kappa shape index (κ2) is 5.56. The maximum atomic E-state index is 3.84. The Morgan fingerprint density at radius 2 is 1.71 bits per heavy atom. The maximum absolute atomic E-state index is 3.84. The second-order valence-corrected chi connectivity index (χ2v) is 7.42. The number of alkyl halides is 1. The lowest BCUT2D eigenvalue weighted by Gasteiger charge is -2.29. The summed E-state index contributed by atoms with van der Waals surface area (Å²) in [5, 5.41) is 0. The van der Waals surface area contributed by atoms with E-state index in [1.807, 2.05) is 0 Å². The van der Waals surface area contributed by atoms with Crippen LogP contribution in [0.4, 0.5) is 0 Å². The van der Waals surface area contributed by atoms with Gasteiger partial charge in [0.1, 0.15) is 0 Å². The van der Waals surface area contributed by atoms with Crippen molar-refractivity contribution in [1.82, 2.24) is 0 Å². The molecule has 0 N–H and O–H groups in total. The molecule has 0 radical (unpaired) electrons. The molecule has 1 heteroatoms. The van der Waals surface area contributed by atoms with E-state index < -0.39 is 0 Å². The zero-order valence-electron chi connectivity index (χ0n) is 12.0. The molecule has 0 fully saturated rings. The van der Waals surface area contributed by atoms with E-state index >= 15 is 0 Å². The van der Waals surface area contributed by atoms with Crippen molar-refractivity contribution in [2.75, 3.05) is 0 Å².